The molecule has 4 heteroatoms. The van der Waals surface area contributed by atoms with Gasteiger partial charge in [-0.05, 0) is 19.1 Å². The minimum atomic E-state index is -4.28. The number of fused-ring (bicyclic) bond motifs is 1. The SMILES string of the molecule is Cc1ccc2c(c1)c(C(F)(F)F)cn2C. The Labute approximate surface area is 85.1 Å². The molecular formula is C11H10F3N. The zero-order valence-corrected chi connectivity index (χ0v) is 8.39. The van der Waals surface area contributed by atoms with Gasteiger partial charge in [0.05, 0.1) is 5.56 Å². The van der Waals surface area contributed by atoms with Gasteiger partial charge in [-0.25, -0.2) is 0 Å². The van der Waals surface area contributed by atoms with Crippen LogP contribution in [0, 0.1) is 6.92 Å². The highest BCUT2D eigenvalue weighted by molar-refractivity contribution is 5.85. The van der Waals surface area contributed by atoms with Crippen molar-refractivity contribution in [1.29, 1.82) is 0 Å². The molecule has 1 aromatic carbocycles. The first kappa shape index (κ1) is 10.1. The van der Waals surface area contributed by atoms with Crippen LogP contribution < -0.4 is 0 Å². The third kappa shape index (κ3) is 1.60. The van der Waals surface area contributed by atoms with Gasteiger partial charge < -0.3 is 4.57 Å². The van der Waals surface area contributed by atoms with Crippen molar-refractivity contribution in [2.45, 2.75) is 13.1 Å². The van der Waals surface area contributed by atoms with Crippen molar-refractivity contribution < 1.29 is 13.2 Å². The van der Waals surface area contributed by atoms with Gasteiger partial charge in [0.25, 0.3) is 0 Å². The molecule has 0 atom stereocenters. The number of aromatic nitrogens is 1. The molecule has 0 unspecified atom stereocenters. The summed E-state index contributed by atoms with van der Waals surface area (Å²) in [6.45, 7) is 1.78. The number of rotatable bonds is 0. The highest BCUT2D eigenvalue weighted by Crippen LogP contribution is 2.35. The molecule has 2 rings (SSSR count). The van der Waals surface area contributed by atoms with Crippen LogP contribution in [0.3, 0.4) is 0 Å². The molecule has 0 N–H and O–H groups in total. The maximum absolute atomic E-state index is 12.6. The van der Waals surface area contributed by atoms with Gasteiger partial charge in [-0.2, -0.15) is 13.2 Å². The molecule has 0 radical (unpaired) electrons. The van der Waals surface area contributed by atoms with Gasteiger partial charge in [0.2, 0.25) is 0 Å². The van der Waals surface area contributed by atoms with Gasteiger partial charge in [-0.15, -0.1) is 0 Å². The highest BCUT2D eigenvalue weighted by Gasteiger charge is 2.34. The lowest BCUT2D eigenvalue weighted by molar-refractivity contribution is -0.136. The molecule has 2 aromatic rings. The third-order valence-corrected chi connectivity index (χ3v) is 2.45. The predicted octanol–water partition coefficient (Wildman–Crippen LogP) is 3.51. The average Bonchev–Trinajstić information content (AvgIpc) is 2.42. The Morgan fingerprint density at radius 3 is 2.47 bits per heavy atom. The Morgan fingerprint density at radius 1 is 1.20 bits per heavy atom. The molecule has 1 nitrogen and oxygen atoms in total. The average molecular weight is 213 g/mol. The molecule has 0 amide bonds. The van der Waals surface area contributed by atoms with Crippen LogP contribution in [-0.4, -0.2) is 4.57 Å². The van der Waals surface area contributed by atoms with Crippen LogP contribution in [0.2, 0.25) is 0 Å². The number of hydrogen-bond acceptors (Lipinski definition) is 0. The summed E-state index contributed by atoms with van der Waals surface area (Å²) in [4.78, 5) is 0. The molecule has 0 aliphatic carbocycles. The zero-order valence-electron chi connectivity index (χ0n) is 8.39. The van der Waals surface area contributed by atoms with E-state index in [1.807, 2.05) is 6.07 Å². The number of benzene rings is 1. The normalized spacial score (nSPS) is 12.3. The molecule has 80 valence electrons. The zero-order chi connectivity index (χ0) is 11.2. The van der Waals surface area contributed by atoms with Gasteiger partial charge in [0.15, 0.2) is 0 Å². The summed E-state index contributed by atoms with van der Waals surface area (Å²) in [5.41, 5.74) is 0.871. The Balaban J connectivity index is 2.81. The van der Waals surface area contributed by atoms with E-state index in [1.165, 1.54) is 4.57 Å². The fraction of sp³-hybridized carbons (Fsp3) is 0.273. The van der Waals surface area contributed by atoms with Crippen LogP contribution in [0.5, 0.6) is 0 Å². The highest BCUT2D eigenvalue weighted by atomic mass is 19.4. The lowest BCUT2D eigenvalue weighted by Crippen LogP contribution is -2.03. The molecule has 0 aliphatic heterocycles. The largest absolute Gasteiger partial charge is 0.418 e. The number of alkyl halides is 3. The maximum Gasteiger partial charge on any atom is 0.418 e. The first-order valence-electron chi connectivity index (χ1n) is 4.52. The van der Waals surface area contributed by atoms with Crippen molar-refractivity contribution in [3.63, 3.8) is 0 Å². The molecule has 0 saturated carbocycles. The molecule has 15 heavy (non-hydrogen) atoms. The van der Waals surface area contributed by atoms with Crippen molar-refractivity contribution in [3.8, 4) is 0 Å². The van der Waals surface area contributed by atoms with Gasteiger partial charge in [0, 0.05) is 24.1 Å². The monoisotopic (exact) mass is 213 g/mol. The van der Waals surface area contributed by atoms with E-state index in [9.17, 15) is 13.2 Å². The number of aryl methyl sites for hydroxylation is 2. The van der Waals surface area contributed by atoms with Crippen LogP contribution in [0.4, 0.5) is 13.2 Å². The summed E-state index contributed by atoms with van der Waals surface area (Å²) in [5.74, 6) is 0. The molecule has 0 bridgehead atoms. The van der Waals surface area contributed by atoms with E-state index in [0.717, 1.165) is 11.8 Å². The van der Waals surface area contributed by atoms with Gasteiger partial charge >= 0.3 is 6.18 Å². The van der Waals surface area contributed by atoms with E-state index in [0.29, 0.717) is 5.52 Å². The van der Waals surface area contributed by atoms with E-state index in [4.69, 9.17) is 0 Å². The molecule has 0 spiro atoms. The van der Waals surface area contributed by atoms with Crippen LogP contribution in [0.15, 0.2) is 24.4 Å². The molecule has 1 aromatic heterocycles. The van der Waals surface area contributed by atoms with Gasteiger partial charge in [0.1, 0.15) is 0 Å². The summed E-state index contributed by atoms with van der Waals surface area (Å²) in [6, 6.07) is 5.08. The Kier molecular flexibility index (Phi) is 2.03. The summed E-state index contributed by atoms with van der Waals surface area (Å²) >= 11 is 0. The van der Waals surface area contributed by atoms with Crippen molar-refractivity contribution in [1.82, 2.24) is 4.57 Å². The second kappa shape index (κ2) is 3.02. The lowest BCUT2D eigenvalue weighted by Gasteiger charge is -2.03. The summed E-state index contributed by atoms with van der Waals surface area (Å²) in [7, 11) is 1.62. The van der Waals surface area contributed by atoms with Crippen LogP contribution >= 0.6 is 0 Å². The quantitative estimate of drug-likeness (QED) is 0.631. The standard InChI is InChI=1S/C11H10F3N/c1-7-3-4-10-8(5-7)9(6-15(10)2)11(12,13)14/h3-6H,1-2H3. The first-order valence-corrected chi connectivity index (χ1v) is 4.52. The van der Waals surface area contributed by atoms with Crippen molar-refractivity contribution >= 4 is 10.9 Å². The number of hydrogen-bond donors (Lipinski definition) is 0. The van der Waals surface area contributed by atoms with E-state index in [1.54, 1.807) is 26.1 Å². The molecular weight excluding hydrogens is 203 g/mol. The van der Waals surface area contributed by atoms with Crippen LogP contribution in [0.25, 0.3) is 10.9 Å². The molecule has 0 saturated heterocycles. The van der Waals surface area contributed by atoms with Crippen molar-refractivity contribution in [3.05, 3.63) is 35.5 Å². The van der Waals surface area contributed by atoms with Gasteiger partial charge in [-0.1, -0.05) is 11.6 Å². The van der Waals surface area contributed by atoms with Gasteiger partial charge in [-0.3, -0.25) is 0 Å². The van der Waals surface area contributed by atoms with Crippen LogP contribution in [0.1, 0.15) is 11.1 Å². The fourth-order valence-electron chi connectivity index (χ4n) is 1.73. The second-order valence-electron chi connectivity index (χ2n) is 3.67. The van der Waals surface area contributed by atoms with E-state index >= 15 is 0 Å². The summed E-state index contributed by atoms with van der Waals surface area (Å²) < 4.78 is 39.4. The summed E-state index contributed by atoms with van der Waals surface area (Å²) in [6.07, 6.45) is -3.16. The molecule has 0 fully saturated rings. The summed E-state index contributed by atoms with van der Waals surface area (Å²) in [5, 5.41) is 0.269. The second-order valence-corrected chi connectivity index (χ2v) is 3.67. The minimum Gasteiger partial charge on any atom is -0.350 e. The van der Waals surface area contributed by atoms with E-state index < -0.39 is 11.7 Å². The Morgan fingerprint density at radius 2 is 1.87 bits per heavy atom. The first-order chi connectivity index (χ1) is 6.89. The predicted molar refractivity (Wildman–Crippen MR) is 52.7 cm³/mol. The number of halogens is 3. The Hall–Kier alpha value is -1.45. The fourth-order valence-corrected chi connectivity index (χ4v) is 1.73. The van der Waals surface area contributed by atoms with Crippen molar-refractivity contribution in [2.24, 2.45) is 7.05 Å². The smallest absolute Gasteiger partial charge is 0.350 e. The lowest BCUT2D eigenvalue weighted by atomic mass is 10.1. The van der Waals surface area contributed by atoms with E-state index in [2.05, 4.69) is 0 Å². The van der Waals surface area contributed by atoms with E-state index in [-0.39, 0.29) is 5.39 Å². The molecule has 0 aliphatic rings. The molecule has 1 heterocycles. The van der Waals surface area contributed by atoms with Crippen LogP contribution in [-0.2, 0) is 13.2 Å². The maximum atomic E-state index is 12.6. The van der Waals surface area contributed by atoms with Crippen molar-refractivity contribution in [2.75, 3.05) is 0 Å². The number of nitrogens with zero attached hydrogens (tertiary/aromatic N) is 1. The topological polar surface area (TPSA) is 4.93 Å². The third-order valence-electron chi connectivity index (χ3n) is 2.45. The minimum absolute atomic E-state index is 0.269. The Bertz CT molecular complexity index is 508.